The van der Waals surface area contributed by atoms with Crippen LogP contribution in [0, 0.1) is 0 Å². The monoisotopic (exact) mass is 128 g/mol. The lowest BCUT2D eigenvalue weighted by Gasteiger charge is -2.26. The zero-order valence-corrected chi connectivity index (χ0v) is 5.61. The van der Waals surface area contributed by atoms with Crippen LogP contribution < -0.4 is 10.6 Å². The van der Waals surface area contributed by atoms with Crippen LogP contribution in [0.5, 0.6) is 0 Å². The third-order valence-corrected chi connectivity index (χ3v) is 1.64. The van der Waals surface area contributed by atoms with Gasteiger partial charge in [-0.15, -0.1) is 0 Å². The van der Waals surface area contributed by atoms with E-state index in [0.717, 1.165) is 13.0 Å². The van der Waals surface area contributed by atoms with Gasteiger partial charge in [0.05, 0.1) is 0 Å². The van der Waals surface area contributed by atoms with Crippen LogP contribution >= 0.6 is 0 Å². The molecule has 1 aliphatic rings. The lowest BCUT2D eigenvalue weighted by atomic mass is 10.0. The molecule has 52 valence electrons. The Hall–Kier alpha value is -0.570. The van der Waals surface area contributed by atoms with E-state index < -0.39 is 0 Å². The Morgan fingerprint density at radius 3 is 2.89 bits per heavy atom. The Labute approximate surface area is 54.8 Å². The molecule has 0 aliphatic carbocycles. The second kappa shape index (κ2) is 2.82. The third kappa shape index (κ3) is 1.68. The molecule has 1 heterocycles. The zero-order valence-electron chi connectivity index (χ0n) is 5.61. The second-order valence-electron chi connectivity index (χ2n) is 2.32. The molecule has 9 heavy (non-hydrogen) atoms. The Morgan fingerprint density at radius 2 is 2.56 bits per heavy atom. The highest BCUT2D eigenvalue weighted by Crippen LogP contribution is 2.05. The summed E-state index contributed by atoms with van der Waals surface area (Å²) in [5.41, 5.74) is 0. The fraction of sp³-hybridized carbons (Fsp3) is 0.833. The smallest absolute Gasteiger partial charge is 0.221 e. The number of hydrogen-bond donors (Lipinski definition) is 2. The number of carbonyl (C=O) groups is 1. The average Bonchev–Trinajstić information content (AvgIpc) is 1.78. The summed E-state index contributed by atoms with van der Waals surface area (Å²) in [5, 5.41) is 5.74. The minimum Gasteiger partial charge on any atom is -0.359 e. The Balaban J connectivity index is 2.09. The quantitative estimate of drug-likeness (QED) is 0.525. The van der Waals surface area contributed by atoms with Crippen molar-refractivity contribution < 1.29 is 4.79 Å². The van der Waals surface area contributed by atoms with E-state index in [4.69, 9.17) is 0 Å². The van der Waals surface area contributed by atoms with Gasteiger partial charge in [-0.25, -0.2) is 0 Å². The van der Waals surface area contributed by atoms with Crippen molar-refractivity contribution >= 4 is 5.91 Å². The topological polar surface area (TPSA) is 41.1 Å². The van der Waals surface area contributed by atoms with Gasteiger partial charge in [0.2, 0.25) is 5.91 Å². The molecule has 0 radical (unpaired) electrons. The van der Waals surface area contributed by atoms with Gasteiger partial charge in [0.1, 0.15) is 0 Å². The highest BCUT2D eigenvalue weighted by molar-refractivity contribution is 5.76. The summed E-state index contributed by atoms with van der Waals surface area (Å²) in [4.78, 5) is 10.7. The van der Waals surface area contributed by atoms with Crippen LogP contribution in [-0.4, -0.2) is 25.5 Å². The largest absolute Gasteiger partial charge is 0.359 e. The molecule has 1 fully saturated rings. The number of rotatable bonds is 2. The Morgan fingerprint density at radius 1 is 1.89 bits per heavy atom. The number of carbonyl (C=O) groups excluding carboxylic acids is 1. The lowest BCUT2D eigenvalue weighted by Crippen LogP contribution is -2.45. The summed E-state index contributed by atoms with van der Waals surface area (Å²) < 4.78 is 0. The normalized spacial score (nSPS) is 24.8. The molecule has 1 atom stereocenters. The van der Waals surface area contributed by atoms with Crippen molar-refractivity contribution in [1.29, 1.82) is 0 Å². The molecule has 1 saturated heterocycles. The van der Waals surface area contributed by atoms with E-state index in [1.165, 1.54) is 0 Å². The van der Waals surface area contributed by atoms with Gasteiger partial charge in [-0.05, 0) is 13.0 Å². The maximum absolute atomic E-state index is 10.7. The molecule has 3 nitrogen and oxygen atoms in total. The van der Waals surface area contributed by atoms with E-state index in [2.05, 4.69) is 10.6 Å². The molecule has 1 aliphatic heterocycles. The van der Waals surface area contributed by atoms with Crippen molar-refractivity contribution in [3.8, 4) is 0 Å². The van der Waals surface area contributed by atoms with Gasteiger partial charge >= 0.3 is 0 Å². The standard InChI is InChI=1S/C6H12N2O/c1-7-6(9)4-5-2-3-8-5/h5,8H,2-4H2,1H3,(H,7,9)/t5-/m0/s1. The first kappa shape index (κ1) is 6.55. The number of amides is 1. The van der Waals surface area contributed by atoms with Gasteiger partial charge in [-0.1, -0.05) is 0 Å². The van der Waals surface area contributed by atoms with Crippen molar-refractivity contribution in [2.75, 3.05) is 13.6 Å². The first-order chi connectivity index (χ1) is 4.33. The van der Waals surface area contributed by atoms with E-state index in [9.17, 15) is 4.79 Å². The molecule has 2 N–H and O–H groups in total. The van der Waals surface area contributed by atoms with Crippen molar-refractivity contribution in [2.45, 2.75) is 18.9 Å². The van der Waals surface area contributed by atoms with Crippen molar-refractivity contribution in [3.05, 3.63) is 0 Å². The van der Waals surface area contributed by atoms with Crippen LogP contribution in [0.2, 0.25) is 0 Å². The predicted molar refractivity (Wildman–Crippen MR) is 35.1 cm³/mol. The van der Waals surface area contributed by atoms with E-state index in [-0.39, 0.29) is 5.91 Å². The summed E-state index contributed by atoms with van der Waals surface area (Å²) >= 11 is 0. The molecule has 0 aromatic heterocycles. The fourth-order valence-electron chi connectivity index (χ4n) is 0.849. The van der Waals surface area contributed by atoms with E-state index >= 15 is 0 Å². The first-order valence-electron chi connectivity index (χ1n) is 3.27. The molecular formula is C6H12N2O. The summed E-state index contributed by atoms with van der Waals surface area (Å²) in [6.07, 6.45) is 1.78. The average molecular weight is 128 g/mol. The molecule has 3 heteroatoms. The van der Waals surface area contributed by atoms with Gasteiger partial charge in [0.15, 0.2) is 0 Å². The molecular weight excluding hydrogens is 116 g/mol. The van der Waals surface area contributed by atoms with Gasteiger partial charge in [0.25, 0.3) is 0 Å². The fourth-order valence-corrected chi connectivity index (χ4v) is 0.849. The van der Waals surface area contributed by atoms with Crippen LogP contribution in [-0.2, 0) is 4.79 Å². The minimum atomic E-state index is 0.132. The molecule has 0 bridgehead atoms. The van der Waals surface area contributed by atoms with E-state index in [1.807, 2.05) is 0 Å². The summed E-state index contributed by atoms with van der Waals surface area (Å²) in [6, 6.07) is 0.449. The van der Waals surface area contributed by atoms with Crippen molar-refractivity contribution in [2.24, 2.45) is 0 Å². The molecule has 0 saturated carbocycles. The van der Waals surface area contributed by atoms with Gasteiger partial charge in [-0.3, -0.25) is 4.79 Å². The van der Waals surface area contributed by atoms with Crippen LogP contribution in [0.1, 0.15) is 12.8 Å². The molecule has 1 rings (SSSR count). The lowest BCUT2D eigenvalue weighted by molar-refractivity contribution is -0.121. The zero-order chi connectivity index (χ0) is 6.69. The van der Waals surface area contributed by atoms with Crippen molar-refractivity contribution in [1.82, 2.24) is 10.6 Å². The molecule has 0 spiro atoms. The van der Waals surface area contributed by atoms with Crippen LogP contribution in [0.15, 0.2) is 0 Å². The van der Waals surface area contributed by atoms with Gasteiger partial charge in [0, 0.05) is 19.5 Å². The van der Waals surface area contributed by atoms with E-state index in [1.54, 1.807) is 7.05 Å². The summed E-state index contributed by atoms with van der Waals surface area (Å²) in [6.45, 7) is 1.07. The molecule has 0 unspecified atom stereocenters. The summed E-state index contributed by atoms with van der Waals surface area (Å²) in [5.74, 6) is 0.132. The maximum Gasteiger partial charge on any atom is 0.221 e. The first-order valence-corrected chi connectivity index (χ1v) is 3.27. The second-order valence-corrected chi connectivity index (χ2v) is 2.32. The van der Waals surface area contributed by atoms with Crippen LogP contribution in [0.4, 0.5) is 0 Å². The maximum atomic E-state index is 10.7. The minimum absolute atomic E-state index is 0.132. The Bertz CT molecular complexity index is 110. The van der Waals surface area contributed by atoms with E-state index in [0.29, 0.717) is 12.5 Å². The predicted octanol–water partition coefficient (Wildman–Crippen LogP) is -0.516. The van der Waals surface area contributed by atoms with Crippen LogP contribution in [0.3, 0.4) is 0 Å². The Kier molecular flexibility index (Phi) is 2.05. The van der Waals surface area contributed by atoms with Gasteiger partial charge < -0.3 is 10.6 Å². The SMILES string of the molecule is CNC(=O)C[C@@H]1CCN1. The van der Waals surface area contributed by atoms with Gasteiger partial charge in [-0.2, -0.15) is 0 Å². The number of nitrogens with one attached hydrogen (secondary N) is 2. The highest BCUT2D eigenvalue weighted by atomic mass is 16.1. The number of hydrogen-bond acceptors (Lipinski definition) is 2. The van der Waals surface area contributed by atoms with Crippen molar-refractivity contribution in [3.63, 3.8) is 0 Å². The molecule has 1 amide bonds. The highest BCUT2D eigenvalue weighted by Gasteiger charge is 2.18. The molecule has 0 aromatic carbocycles. The van der Waals surface area contributed by atoms with Crippen LogP contribution in [0.25, 0.3) is 0 Å². The molecule has 0 aromatic rings. The summed E-state index contributed by atoms with van der Waals surface area (Å²) in [7, 11) is 1.67. The third-order valence-electron chi connectivity index (χ3n) is 1.64.